The fraction of sp³-hybridized carbons (Fsp3) is 0.538. The number of rotatable bonds is 6. The Kier molecular flexibility index (Phi) is 5.38. The summed E-state index contributed by atoms with van der Waals surface area (Å²) in [7, 11) is 1.82. The molecule has 1 rings (SSSR count). The molecular weight excluding hydrogens is 221 g/mol. The van der Waals surface area contributed by atoms with Crippen molar-refractivity contribution in [1.29, 1.82) is 0 Å². The van der Waals surface area contributed by atoms with Gasteiger partial charge in [0, 0.05) is 6.04 Å². The molecule has 0 saturated carbocycles. The van der Waals surface area contributed by atoms with Gasteiger partial charge in [-0.3, -0.25) is 0 Å². The second kappa shape index (κ2) is 6.57. The van der Waals surface area contributed by atoms with Crippen molar-refractivity contribution < 1.29 is 14.2 Å². The van der Waals surface area contributed by atoms with E-state index in [1.54, 1.807) is 6.07 Å². The predicted molar refractivity (Wildman–Crippen MR) is 65.7 cm³/mol. The van der Waals surface area contributed by atoms with Crippen molar-refractivity contribution in [2.24, 2.45) is 0 Å². The van der Waals surface area contributed by atoms with Crippen LogP contribution >= 0.6 is 0 Å². The van der Waals surface area contributed by atoms with E-state index >= 15 is 0 Å². The van der Waals surface area contributed by atoms with Crippen LogP contribution in [0.15, 0.2) is 18.2 Å². The summed E-state index contributed by atoms with van der Waals surface area (Å²) in [6.45, 7) is 3.92. The number of hydrogen-bond acceptors (Lipinski definition) is 3. The average molecular weight is 241 g/mol. The molecule has 0 aliphatic carbocycles. The predicted octanol–water partition coefficient (Wildman–Crippen LogP) is 2.26. The molecule has 2 atom stereocenters. The molecule has 0 aromatic heterocycles. The maximum Gasteiger partial charge on any atom is 0.165 e. The lowest BCUT2D eigenvalue weighted by molar-refractivity contribution is 0.102. The molecule has 17 heavy (non-hydrogen) atoms. The van der Waals surface area contributed by atoms with Gasteiger partial charge in [-0.1, -0.05) is 13.0 Å². The minimum absolute atomic E-state index is 0.0970. The lowest BCUT2D eigenvalue weighted by Gasteiger charge is -2.14. The molecule has 0 fully saturated rings. The third kappa shape index (κ3) is 3.98. The highest BCUT2D eigenvalue weighted by Crippen LogP contribution is 2.22. The Bertz CT molecular complexity index is 357. The molecule has 1 aromatic rings. The van der Waals surface area contributed by atoms with E-state index in [4.69, 9.17) is 4.74 Å². The Morgan fingerprint density at radius 2 is 2.18 bits per heavy atom. The van der Waals surface area contributed by atoms with E-state index in [1.165, 1.54) is 6.07 Å². The highest BCUT2D eigenvalue weighted by molar-refractivity contribution is 5.30. The van der Waals surface area contributed by atoms with Crippen molar-refractivity contribution in [1.82, 2.24) is 5.32 Å². The molecule has 0 amide bonds. The van der Waals surface area contributed by atoms with Gasteiger partial charge in [-0.05, 0) is 38.1 Å². The number of halogens is 1. The van der Waals surface area contributed by atoms with Gasteiger partial charge in [0.1, 0.15) is 6.61 Å². The minimum Gasteiger partial charge on any atom is -0.488 e. The lowest BCUT2D eigenvalue weighted by Crippen LogP contribution is -2.17. The molecule has 0 saturated heterocycles. The fourth-order valence-corrected chi connectivity index (χ4v) is 1.37. The molecule has 1 aromatic carbocycles. The van der Waals surface area contributed by atoms with Crippen LogP contribution in [0.4, 0.5) is 4.39 Å². The highest BCUT2D eigenvalue weighted by atomic mass is 19.1. The van der Waals surface area contributed by atoms with E-state index < -0.39 is 11.9 Å². The highest BCUT2D eigenvalue weighted by Gasteiger charge is 2.10. The van der Waals surface area contributed by atoms with Gasteiger partial charge in [0.05, 0.1) is 6.10 Å². The summed E-state index contributed by atoms with van der Waals surface area (Å²) >= 11 is 0. The Labute approximate surface area is 102 Å². The second-order valence-electron chi connectivity index (χ2n) is 4.07. The number of nitrogens with one attached hydrogen (secondary N) is 1. The van der Waals surface area contributed by atoms with Crippen LogP contribution in [0.2, 0.25) is 0 Å². The van der Waals surface area contributed by atoms with Crippen LogP contribution in [0.3, 0.4) is 0 Å². The Morgan fingerprint density at radius 1 is 1.47 bits per heavy atom. The molecule has 0 aliphatic rings. The summed E-state index contributed by atoms with van der Waals surface area (Å²) < 4.78 is 18.9. The Morgan fingerprint density at radius 3 is 2.71 bits per heavy atom. The molecule has 0 spiro atoms. The largest absolute Gasteiger partial charge is 0.488 e. The van der Waals surface area contributed by atoms with E-state index in [2.05, 4.69) is 5.32 Å². The summed E-state index contributed by atoms with van der Waals surface area (Å²) in [5, 5.41) is 12.4. The number of hydrogen-bond donors (Lipinski definition) is 2. The molecule has 0 heterocycles. The topological polar surface area (TPSA) is 41.5 Å². The van der Waals surface area contributed by atoms with Gasteiger partial charge in [-0.25, -0.2) is 4.39 Å². The molecule has 4 heteroatoms. The van der Waals surface area contributed by atoms with Crippen molar-refractivity contribution in [3.8, 4) is 5.75 Å². The van der Waals surface area contributed by atoms with Crippen molar-refractivity contribution in [3.05, 3.63) is 29.6 Å². The quantitative estimate of drug-likeness (QED) is 0.802. The van der Waals surface area contributed by atoms with Crippen molar-refractivity contribution in [3.63, 3.8) is 0 Å². The molecule has 0 radical (unpaired) electrons. The summed E-state index contributed by atoms with van der Waals surface area (Å²) in [5.74, 6) is -0.211. The van der Waals surface area contributed by atoms with Crippen molar-refractivity contribution in [2.75, 3.05) is 13.7 Å². The van der Waals surface area contributed by atoms with Crippen LogP contribution in [-0.2, 0) is 0 Å². The number of aliphatic hydroxyl groups excluding tert-OH is 1. The monoisotopic (exact) mass is 241 g/mol. The van der Waals surface area contributed by atoms with Gasteiger partial charge in [-0.2, -0.15) is 0 Å². The standard InChI is InChI=1S/C13H20FNO2/c1-4-11(16)8-17-13-6-5-10(7-12(13)14)9(2)15-3/h5-7,9,11,15-16H,4,8H2,1-3H3. The molecule has 2 N–H and O–H groups in total. The number of aliphatic hydroxyl groups is 1. The van der Waals surface area contributed by atoms with Crippen molar-refractivity contribution in [2.45, 2.75) is 32.4 Å². The third-order valence-corrected chi connectivity index (χ3v) is 2.79. The first-order valence-corrected chi connectivity index (χ1v) is 5.86. The van der Waals surface area contributed by atoms with E-state index in [-0.39, 0.29) is 18.4 Å². The summed E-state index contributed by atoms with van der Waals surface area (Å²) in [6.07, 6.45) is 0.0431. The van der Waals surface area contributed by atoms with Gasteiger partial charge in [0.25, 0.3) is 0 Å². The Hall–Kier alpha value is -1.13. The van der Waals surface area contributed by atoms with Crippen LogP contribution in [-0.4, -0.2) is 24.9 Å². The molecule has 0 bridgehead atoms. The van der Waals surface area contributed by atoms with Gasteiger partial charge in [0.2, 0.25) is 0 Å². The van der Waals surface area contributed by atoms with Crippen LogP contribution in [0.25, 0.3) is 0 Å². The van der Waals surface area contributed by atoms with Crippen LogP contribution in [0.1, 0.15) is 31.9 Å². The molecule has 2 unspecified atom stereocenters. The van der Waals surface area contributed by atoms with E-state index in [9.17, 15) is 9.50 Å². The SMILES string of the molecule is CCC(O)COc1ccc(C(C)NC)cc1F. The van der Waals surface area contributed by atoms with Crippen molar-refractivity contribution >= 4 is 0 Å². The average Bonchev–Trinajstić information content (AvgIpc) is 2.35. The van der Waals surface area contributed by atoms with Gasteiger partial charge in [0.15, 0.2) is 11.6 Å². The first-order chi connectivity index (χ1) is 8.08. The van der Waals surface area contributed by atoms with Crippen LogP contribution < -0.4 is 10.1 Å². The smallest absolute Gasteiger partial charge is 0.165 e. The molecule has 0 aliphatic heterocycles. The summed E-state index contributed by atoms with van der Waals surface area (Å²) in [6, 6.07) is 4.97. The molecule has 3 nitrogen and oxygen atoms in total. The normalized spacial score (nSPS) is 14.4. The summed E-state index contributed by atoms with van der Waals surface area (Å²) in [5.41, 5.74) is 0.869. The van der Waals surface area contributed by atoms with Gasteiger partial charge in [-0.15, -0.1) is 0 Å². The zero-order valence-electron chi connectivity index (χ0n) is 10.5. The lowest BCUT2D eigenvalue weighted by atomic mass is 10.1. The Balaban J connectivity index is 2.69. The van der Waals surface area contributed by atoms with Crippen LogP contribution in [0.5, 0.6) is 5.75 Å². The first kappa shape index (κ1) is 13.9. The molecule has 96 valence electrons. The maximum absolute atomic E-state index is 13.7. The maximum atomic E-state index is 13.7. The van der Waals surface area contributed by atoms with Gasteiger partial charge >= 0.3 is 0 Å². The minimum atomic E-state index is -0.551. The van der Waals surface area contributed by atoms with E-state index in [0.717, 1.165) is 5.56 Å². The van der Waals surface area contributed by atoms with Crippen LogP contribution in [0, 0.1) is 5.82 Å². The number of benzene rings is 1. The second-order valence-corrected chi connectivity index (χ2v) is 4.07. The summed E-state index contributed by atoms with van der Waals surface area (Å²) in [4.78, 5) is 0. The van der Waals surface area contributed by atoms with E-state index in [1.807, 2.05) is 27.0 Å². The zero-order chi connectivity index (χ0) is 12.8. The first-order valence-electron chi connectivity index (χ1n) is 5.86. The van der Waals surface area contributed by atoms with E-state index in [0.29, 0.717) is 6.42 Å². The molecular formula is C13H20FNO2. The third-order valence-electron chi connectivity index (χ3n) is 2.79. The number of ether oxygens (including phenoxy) is 1. The van der Waals surface area contributed by atoms with Gasteiger partial charge < -0.3 is 15.2 Å². The fourth-order valence-electron chi connectivity index (χ4n) is 1.37. The zero-order valence-corrected chi connectivity index (χ0v) is 10.5.